The van der Waals surface area contributed by atoms with Crippen LogP contribution in [0.4, 0.5) is 0 Å². The van der Waals surface area contributed by atoms with Gasteiger partial charge in [-0.25, -0.2) is 0 Å². The number of rotatable bonds is 9. The topological polar surface area (TPSA) is 9.23 Å². The summed E-state index contributed by atoms with van der Waals surface area (Å²) >= 11 is 0. The minimum atomic E-state index is 0.669. The monoisotopic (exact) mass is 256 g/mol. The molecule has 0 aliphatic carbocycles. The molecule has 0 unspecified atom stereocenters. The van der Waals surface area contributed by atoms with Crippen LogP contribution in [0, 0.1) is 0 Å². The van der Waals surface area contributed by atoms with E-state index in [2.05, 4.69) is 24.8 Å². The average molecular weight is 256 g/mol. The number of hydrogen-bond acceptors (Lipinski definition) is 1. The third-order valence-electron chi connectivity index (χ3n) is 2.83. The van der Waals surface area contributed by atoms with E-state index in [1.165, 1.54) is 5.57 Å². The summed E-state index contributed by atoms with van der Waals surface area (Å²) in [6, 6.07) is 9.97. The first-order valence-corrected chi connectivity index (χ1v) is 6.94. The van der Waals surface area contributed by atoms with Gasteiger partial charge >= 0.3 is 0 Å². The molecule has 0 saturated carbocycles. The normalized spacial score (nSPS) is 11.7. The molecule has 0 aliphatic rings. The van der Waals surface area contributed by atoms with Crippen molar-refractivity contribution in [2.24, 2.45) is 0 Å². The van der Waals surface area contributed by atoms with Gasteiger partial charge < -0.3 is 4.74 Å². The van der Waals surface area contributed by atoms with Gasteiger partial charge in [0.15, 0.2) is 0 Å². The Hall–Kier alpha value is -1.76. The Balaban J connectivity index is 2.46. The number of ether oxygens (including phenoxy) is 1. The highest BCUT2D eigenvalue weighted by Crippen LogP contribution is 2.13. The van der Waals surface area contributed by atoms with E-state index in [-0.39, 0.29) is 0 Å². The van der Waals surface area contributed by atoms with Crippen molar-refractivity contribution < 1.29 is 4.74 Å². The molecular formula is C18H24O. The van der Waals surface area contributed by atoms with Gasteiger partial charge in [0.05, 0.1) is 0 Å². The van der Waals surface area contributed by atoms with Gasteiger partial charge in [-0.1, -0.05) is 42.5 Å². The van der Waals surface area contributed by atoms with Gasteiger partial charge in [0.2, 0.25) is 0 Å². The molecule has 19 heavy (non-hydrogen) atoms. The standard InChI is InChI=1S/C18H24O/c1-3-5-7-9-13-17(12-6-4-2)16-19-18-14-10-8-11-15-18/h3-4,6,8,10-11,13-15H,1,5,7,9,12,16H2,2H3/b6-4+,17-13+. The minimum Gasteiger partial charge on any atom is -0.489 e. The molecule has 0 fully saturated rings. The molecule has 1 aromatic rings. The van der Waals surface area contributed by atoms with Gasteiger partial charge in [-0.15, -0.1) is 6.58 Å². The van der Waals surface area contributed by atoms with E-state index in [0.29, 0.717) is 6.61 Å². The Labute approximate surface area is 117 Å². The highest BCUT2D eigenvalue weighted by Gasteiger charge is 1.97. The van der Waals surface area contributed by atoms with Crippen molar-refractivity contribution in [1.82, 2.24) is 0 Å². The molecule has 1 aromatic carbocycles. The quantitative estimate of drug-likeness (QED) is 0.429. The molecular weight excluding hydrogens is 232 g/mol. The van der Waals surface area contributed by atoms with Gasteiger partial charge in [0, 0.05) is 0 Å². The Kier molecular flexibility index (Phi) is 8.20. The molecule has 0 radical (unpaired) electrons. The third-order valence-corrected chi connectivity index (χ3v) is 2.83. The van der Waals surface area contributed by atoms with Crippen LogP contribution in [0.15, 0.2) is 66.8 Å². The molecule has 1 heteroatoms. The van der Waals surface area contributed by atoms with Gasteiger partial charge in [0.1, 0.15) is 12.4 Å². The summed E-state index contributed by atoms with van der Waals surface area (Å²) in [5.74, 6) is 0.931. The van der Waals surface area contributed by atoms with Crippen LogP contribution in [-0.4, -0.2) is 6.61 Å². The van der Waals surface area contributed by atoms with E-state index in [4.69, 9.17) is 4.74 Å². The number of unbranched alkanes of at least 4 members (excludes halogenated alkanes) is 2. The van der Waals surface area contributed by atoms with Gasteiger partial charge in [-0.05, 0) is 50.3 Å². The number of benzene rings is 1. The second kappa shape index (κ2) is 10.2. The maximum atomic E-state index is 5.80. The number of allylic oxidation sites excluding steroid dienone is 4. The zero-order valence-corrected chi connectivity index (χ0v) is 11.8. The highest BCUT2D eigenvalue weighted by molar-refractivity contribution is 5.22. The second-order valence-corrected chi connectivity index (χ2v) is 4.46. The van der Waals surface area contributed by atoms with Crippen LogP contribution in [0.1, 0.15) is 32.6 Å². The lowest BCUT2D eigenvalue weighted by atomic mass is 10.1. The van der Waals surface area contributed by atoms with Crippen LogP contribution >= 0.6 is 0 Å². The molecule has 0 heterocycles. The summed E-state index contributed by atoms with van der Waals surface area (Å²) in [6.07, 6.45) is 12.8. The van der Waals surface area contributed by atoms with Crippen molar-refractivity contribution in [2.75, 3.05) is 6.61 Å². The molecule has 0 aromatic heterocycles. The number of hydrogen-bond donors (Lipinski definition) is 0. The van der Waals surface area contributed by atoms with Crippen molar-refractivity contribution in [3.05, 3.63) is 66.8 Å². The van der Waals surface area contributed by atoms with E-state index in [1.807, 2.05) is 43.3 Å². The first-order valence-electron chi connectivity index (χ1n) is 6.94. The van der Waals surface area contributed by atoms with Crippen LogP contribution in [0.3, 0.4) is 0 Å². The molecule has 102 valence electrons. The molecule has 0 amide bonds. The first kappa shape index (κ1) is 15.3. The summed E-state index contributed by atoms with van der Waals surface area (Å²) < 4.78 is 5.80. The Morgan fingerprint density at radius 1 is 1.21 bits per heavy atom. The summed E-state index contributed by atoms with van der Waals surface area (Å²) in [6.45, 7) is 6.46. The van der Waals surface area contributed by atoms with Crippen molar-refractivity contribution >= 4 is 0 Å². The van der Waals surface area contributed by atoms with E-state index in [1.54, 1.807) is 0 Å². The third kappa shape index (κ3) is 7.30. The summed E-state index contributed by atoms with van der Waals surface area (Å²) in [4.78, 5) is 0. The largest absolute Gasteiger partial charge is 0.489 e. The van der Waals surface area contributed by atoms with Crippen LogP contribution < -0.4 is 4.74 Å². The zero-order valence-electron chi connectivity index (χ0n) is 11.8. The average Bonchev–Trinajstić information content (AvgIpc) is 2.46. The maximum absolute atomic E-state index is 5.80. The molecule has 1 rings (SSSR count). The van der Waals surface area contributed by atoms with Crippen molar-refractivity contribution in [3.8, 4) is 5.75 Å². The van der Waals surface area contributed by atoms with Gasteiger partial charge in [-0.3, -0.25) is 0 Å². The van der Waals surface area contributed by atoms with Crippen molar-refractivity contribution in [2.45, 2.75) is 32.6 Å². The zero-order chi connectivity index (χ0) is 13.8. The maximum Gasteiger partial charge on any atom is 0.119 e. The minimum absolute atomic E-state index is 0.669. The van der Waals surface area contributed by atoms with Gasteiger partial charge in [0.25, 0.3) is 0 Å². The van der Waals surface area contributed by atoms with Crippen LogP contribution in [0.25, 0.3) is 0 Å². The molecule has 0 atom stereocenters. The van der Waals surface area contributed by atoms with Crippen LogP contribution in [0.5, 0.6) is 5.75 Å². The van der Waals surface area contributed by atoms with Gasteiger partial charge in [-0.2, -0.15) is 0 Å². The summed E-state index contributed by atoms with van der Waals surface area (Å²) in [5.41, 5.74) is 1.34. The molecule has 1 nitrogen and oxygen atoms in total. The lowest BCUT2D eigenvalue weighted by molar-refractivity contribution is 0.349. The predicted molar refractivity (Wildman–Crippen MR) is 83.5 cm³/mol. The second-order valence-electron chi connectivity index (χ2n) is 4.46. The lowest BCUT2D eigenvalue weighted by Crippen LogP contribution is -2.01. The first-order chi connectivity index (χ1) is 9.36. The van der Waals surface area contributed by atoms with E-state index in [9.17, 15) is 0 Å². The Morgan fingerprint density at radius 3 is 2.68 bits per heavy atom. The van der Waals surface area contributed by atoms with E-state index in [0.717, 1.165) is 31.4 Å². The summed E-state index contributed by atoms with van der Waals surface area (Å²) in [5, 5.41) is 0. The molecule has 0 N–H and O–H groups in total. The van der Waals surface area contributed by atoms with E-state index < -0.39 is 0 Å². The molecule has 0 aliphatic heterocycles. The highest BCUT2D eigenvalue weighted by atomic mass is 16.5. The summed E-state index contributed by atoms with van der Waals surface area (Å²) in [7, 11) is 0. The van der Waals surface area contributed by atoms with Crippen molar-refractivity contribution in [1.29, 1.82) is 0 Å². The molecule has 0 spiro atoms. The van der Waals surface area contributed by atoms with Crippen molar-refractivity contribution in [3.63, 3.8) is 0 Å². The fourth-order valence-corrected chi connectivity index (χ4v) is 1.73. The fourth-order valence-electron chi connectivity index (χ4n) is 1.73. The Morgan fingerprint density at radius 2 is 2.00 bits per heavy atom. The van der Waals surface area contributed by atoms with Crippen LogP contribution in [0.2, 0.25) is 0 Å². The number of para-hydroxylation sites is 1. The van der Waals surface area contributed by atoms with Crippen LogP contribution in [-0.2, 0) is 0 Å². The van der Waals surface area contributed by atoms with E-state index >= 15 is 0 Å². The fraction of sp³-hybridized carbons (Fsp3) is 0.333. The lowest BCUT2D eigenvalue weighted by Gasteiger charge is -2.08. The molecule has 0 bridgehead atoms. The smallest absolute Gasteiger partial charge is 0.119 e. The predicted octanol–water partition coefficient (Wildman–Crippen LogP) is 5.31. The SMILES string of the molecule is C=CCCC/C=C(\C/C=C/C)COc1ccccc1. The molecule has 0 saturated heterocycles. The Bertz CT molecular complexity index is 401.